The summed E-state index contributed by atoms with van der Waals surface area (Å²) in [6.45, 7) is 15.7. The van der Waals surface area contributed by atoms with Gasteiger partial charge in [-0.3, -0.25) is 4.90 Å². The molecule has 0 amide bonds. The van der Waals surface area contributed by atoms with Crippen LogP contribution in [0.2, 0.25) is 5.04 Å². The molecule has 0 bridgehead atoms. The van der Waals surface area contributed by atoms with Gasteiger partial charge in [-0.2, -0.15) is 0 Å². The molecule has 4 nitrogen and oxygen atoms in total. The van der Waals surface area contributed by atoms with Crippen LogP contribution in [-0.4, -0.2) is 44.6 Å². The number of rotatable bonds is 6. The zero-order chi connectivity index (χ0) is 26.2. The lowest BCUT2D eigenvalue weighted by molar-refractivity contribution is 0.175. The first-order chi connectivity index (χ1) is 17.7. The van der Waals surface area contributed by atoms with Crippen molar-refractivity contribution in [3.8, 4) is 11.5 Å². The molecule has 3 aromatic carbocycles. The van der Waals surface area contributed by atoms with E-state index < -0.39 is 8.32 Å². The third kappa shape index (κ3) is 5.09. The molecule has 5 heteroatoms. The van der Waals surface area contributed by atoms with Crippen LogP contribution in [0.25, 0.3) is 0 Å². The van der Waals surface area contributed by atoms with Crippen LogP contribution in [0.15, 0.2) is 72.8 Å². The standard InChI is InChI=1S/C32H41NO3Si/c1-23(2)35-31-18-24(3)17-30-29(31)21-33-20-26(19-25(33)22-34-30)36-37(32(4,5)6,27-13-9-7-10-14-27)28-15-11-8-12-16-28/h7-18,23,25-26H,19-22H2,1-6H3/t25-,26-/m1/s1. The quantitative estimate of drug-likeness (QED) is 0.395. The number of hydrogen-bond donors (Lipinski definition) is 0. The molecule has 2 aliphatic rings. The maximum Gasteiger partial charge on any atom is 0.261 e. The molecule has 1 fully saturated rings. The van der Waals surface area contributed by atoms with E-state index >= 15 is 0 Å². The summed E-state index contributed by atoms with van der Waals surface area (Å²) in [5, 5.41) is 2.63. The fourth-order valence-corrected chi connectivity index (χ4v) is 10.8. The van der Waals surface area contributed by atoms with Crippen molar-refractivity contribution >= 4 is 18.7 Å². The lowest BCUT2D eigenvalue weighted by atomic mass is 10.1. The summed E-state index contributed by atoms with van der Waals surface area (Å²) in [6.07, 6.45) is 1.23. The molecule has 5 rings (SSSR count). The minimum absolute atomic E-state index is 0.0331. The summed E-state index contributed by atoms with van der Waals surface area (Å²) in [5.74, 6) is 1.91. The fourth-order valence-electron chi connectivity index (χ4n) is 6.12. The Morgan fingerprint density at radius 2 is 1.57 bits per heavy atom. The van der Waals surface area contributed by atoms with E-state index in [1.54, 1.807) is 0 Å². The van der Waals surface area contributed by atoms with E-state index in [4.69, 9.17) is 13.9 Å². The molecule has 0 N–H and O–H groups in total. The number of fused-ring (bicyclic) bond motifs is 2. The smallest absolute Gasteiger partial charge is 0.261 e. The van der Waals surface area contributed by atoms with Gasteiger partial charge in [0.05, 0.1) is 17.8 Å². The Morgan fingerprint density at radius 1 is 0.946 bits per heavy atom. The summed E-state index contributed by atoms with van der Waals surface area (Å²) in [7, 11) is -2.60. The Bertz CT molecular complexity index is 1170. The van der Waals surface area contributed by atoms with Crippen LogP contribution in [0.5, 0.6) is 11.5 Å². The van der Waals surface area contributed by atoms with E-state index in [0.717, 1.165) is 36.6 Å². The lowest BCUT2D eigenvalue weighted by Crippen LogP contribution is -2.67. The van der Waals surface area contributed by atoms with Crippen LogP contribution < -0.4 is 19.8 Å². The highest BCUT2D eigenvalue weighted by Gasteiger charge is 2.52. The van der Waals surface area contributed by atoms with Crippen molar-refractivity contribution < 1.29 is 13.9 Å². The molecule has 2 heterocycles. The Morgan fingerprint density at radius 3 is 2.14 bits per heavy atom. The largest absolute Gasteiger partial charge is 0.491 e. The molecular formula is C32H41NO3Si. The second kappa shape index (κ2) is 10.3. The molecule has 1 saturated heterocycles. The molecular weight excluding hydrogens is 474 g/mol. The van der Waals surface area contributed by atoms with Crippen molar-refractivity contribution in [1.29, 1.82) is 0 Å². The first-order valence-corrected chi connectivity index (χ1v) is 15.5. The third-order valence-corrected chi connectivity index (χ3v) is 12.8. The van der Waals surface area contributed by atoms with Crippen LogP contribution in [0.1, 0.15) is 52.2 Å². The Kier molecular flexibility index (Phi) is 7.23. The van der Waals surface area contributed by atoms with Crippen LogP contribution in [-0.2, 0) is 11.0 Å². The number of hydrogen-bond acceptors (Lipinski definition) is 4. The molecule has 2 atom stereocenters. The van der Waals surface area contributed by atoms with Crippen LogP contribution in [0.3, 0.4) is 0 Å². The normalized spacial score (nSPS) is 20.2. The summed E-state index contributed by atoms with van der Waals surface area (Å²) >= 11 is 0. The minimum Gasteiger partial charge on any atom is -0.491 e. The number of ether oxygens (including phenoxy) is 2. The summed E-state index contributed by atoms with van der Waals surface area (Å²) < 4.78 is 20.1. The van der Waals surface area contributed by atoms with E-state index in [9.17, 15) is 0 Å². The predicted octanol–water partition coefficient (Wildman–Crippen LogP) is 5.69. The van der Waals surface area contributed by atoms with Gasteiger partial charge in [0.2, 0.25) is 0 Å². The fraction of sp³-hybridized carbons (Fsp3) is 0.438. The van der Waals surface area contributed by atoms with Gasteiger partial charge in [0.1, 0.15) is 18.1 Å². The number of nitrogens with zero attached hydrogens (tertiary/aromatic N) is 1. The molecule has 2 aliphatic heterocycles. The molecule has 0 saturated carbocycles. The van der Waals surface area contributed by atoms with Crippen molar-refractivity contribution in [3.05, 3.63) is 83.9 Å². The predicted molar refractivity (Wildman–Crippen MR) is 154 cm³/mol. The Hall–Kier alpha value is -2.60. The maximum absolute atomic E-state index is 7.48. The van der Waals surface area contributed by atoms with Crippen molar-refractivity contribution in [1.82, 2.24) is 4.90 Å². The highest BCUT2D eigenvalue weighted by Crippen LogP contribution is 2.41. The molecule has 0 aromatic heterocycles. The second-order valence-corrected chi connectivity index (χ2v) is 16.2. The molecule has 196 valence electrons. The summed E-state index contributed by atoms with van der Waals surface area (Å²) in [6, 6.07) is 26.5. The van der Waals surface area contributed by atoms with E-state index in [-0.39, 0.29) is 17.2 Å². The molecule has 0 aliphatic carbocycles. The average molecular weight is 516 g/mol. The van der Waals surface area contributed by atoms with Gasteiger partial charge >= 0.3 is 0 Å². The van der Waals surface area contributed by atoms with Crippen molar-refractivity contribution in [2.75, 3.05) is 13.2 Å². The second-order valence-electron chi connectivity index (χ2n) is 11.9. The highest BCUT2D eigenvalue weighted by atomic mass is 28.4. The molecule has 0 spiro atoms. The number of benzene rings is 3. The zero-order valence-corrected chi connectivity index (χ0v) is 24.2. The molecule has 37 heavy (non-hydrogen) atoms. The van der Waals surface area contributed by atoms with Gasteiger partial charge in [-0.05, 0) is 60.3 Å². The SMILES string of the molecule is Cc1cc2c(c(OC(C)C)c1)CN1C[C@H](O[Si](c3ccccc3)(c3ccccc3)C(C)(C)C)C[C@@H]1CO2. The lowest BCUT2D eigenvalue weighted by Gasteiger charge is -2.44. The van der Waals surface area contributed by atoms with Gasteiger partial charge in [-0.25, -0.2) is 0 Å². The van der Waals surface area contributed by atoms with Gasteiger partial charge in [0.25, 0.3) is 8.32 Å². The van der Waals surface area contributed by atoms with E-state index in [2.05, 4.69) is 119 Å². The van der Waals surface area contributed by atoms with Gasteiger partial charge in [-0.15, -0.1) is 0 Å². The van der Waals surface area contributed by atoms with Crippen molar-refractivity contribution in [2.45, 2.75) is 77.8 Å². The number of aryl methyl sites for hydroxylation is 1. The monoisotopic (exact) mass is 515 g/mol. The van der Waals surface area contributed by atoms with Gasteiger partial charge in [-0.1, -0.05) is 81.4 Å². The maximum atomic E-state index is 7.48. The van der Waals surface area contributed by atoms with Gasteiger partial charge < -0.3 is 13.9 Å². The van der Waals surface area contributed by atoms with Crippen molar-refractivity contribution in [3.63, 3.8) is 0 Å². The molecule has 0 radical (unpaired) electrons. The summed E-state index contributed by atoms with van der Waals surface area (Å²) in [4.78, 5) is 2.55. The Labute approximate surface area is 223 Å². The minimum atomic E-state index is -2.60. The first-order valence-electron chi connectivity index (χ1n) is 13.6. The van der Waals surface area contributed by atoms with E-state index in [0.29, 0.717) is 12.6 Å². The van der Waals surface area contributed by atoms with E-state index in [1.165, 1.54) is 15.9 Å². The van der Waals surface area contributed by atoms with E-state index in [1.807, 2.05) is 0 Å². The van der Waals surface area contributed by atoms with Gasteiger partial charge in [0, 0.05) is 19.1 Å². The highest BCUT2D eigenvalue weighted by molar-refractivity contribution is 6.99. The van der Waals surface area contributed by atoms with Crippen molar-refractivity contribution in [2.24, 2.45) is 0 Å². The zero-order valence-electron chi connectivity index (χ0n) is 23.2. The van der Waals surface area contributed by atoms with Crippen LogP contribution >= 0.6 is 0 Å². The summed E-state index contributed by atoms with van der Waals surface area (Å²) in [5.41, 5.74) is 2.33. The van der Waals surface area contributed by atoms with Crippen LogP contribution in [0, 0.1) is 6.92 Å². The first kappa shape index (κ1) is 26.0. The third-order valence-electron chi connectivity index (χ3n) is 7.72. The topological polar surface area (TPSA) is 30.9 Å². The molecule has 3 aromatic rings. The van der Waals surface area contributed by atoms with Crippen LogP contribution in [0.4, 0.5) is 0 Å². The van der Waals surface area contributed by atoms with Gasteiger partial charge in [0.15, 0.2) is 0 Å². The Balaban J connectivity index is 1.48. The average Bonchev–Trinajstić information content (AvgIpc) is 3.15. The molecule has 0 unspecified atom stereocenters.